The Kier molecular flexibility index (Phi) is 8.37. The van der Waals surface area contributed by atoms with Crippen molar-refractivity contribution in [1.29, 1.82) is 0 Å². The van der Waals surface area contributed by atoms with Gasteiger partial charge in [-0.1, -0.05) is 30.3 Å². The molecule has 1 N–H and O–H groups in total. The van der Waals surface area contributed by atoms with Crippen LogP contribution in [0.1, 0.15) is 47.9 Å². The molecule has 0 bridgehead atoms. The maximum absolute atomic E-state index is 11.5. The van der Waals surface area contributed by atoms with Crippen molar-refractivity contribution in [3.05, 3.63) is 64.0 Å². The Bertz CT molecular complexity index is 1340. The number of aryl methyl sites for hydroxylation is 1. The molecule has 0 radical (unpaired) electrons. The van der Waals surface area contributed by atoms with Crippen LogP contribution in [0.3, 0.4) is 0 Å². The summed E-state index contributed by atoms with van der Waals surface area (Å²) in [5, 5.41) is 12.4. The number of rotatable bonds is 7. The molecule has 1 aromatic heterocycles. The van der Waals surface area contributed by atoms with Gasteiger partial charge in [-0.15, -0.1) is 11.3 Å². The van der Waals surface area contributed by atoms with E-state index in [1.165, 1.54) is 16.7 Å². The van der Waals surface area contributed by atoms with Crippen molar-refractivity contribution in [3.8, 4) is 17.0 Å². The minimum atomic E-state index is -0.717. The number of para-hydroxylation sites is 1. The van der Waals surface area contributed by atoms with Gasteiger partial charge in [0.1, 0.15) is 12.4 Å². The third-order valence-electron chi connectivity index (χ3n) is 8.72. The Morgan fingerprint density at radius 2 is 1.93 bits per heavy atom. The van der Waals surface area contributed by atoms with Crippen LogP contribution in [0.15, 0.2) is 41.8 Å². The first-order valence-corrected chi connectivity index (χ1v) is 15.5. The Labute approximate surface area is 240 Å². The van der Waals surface area contributed by atoms with Crippen molar-refractivity contribution in [2.75, 3.05) is 44.3 Å². The molecule has 0 amide bonds. The lowest BCUT2D eigenvalue weighted by molar-refractivity contribution is -0.141. The number of carboxylic acid groups (broad SMARTS) is 1. The van der Waals surface area contributed by atoms with Crippen molar-refractivity contribution in [2.45, 2.75) is 58.1 Å². The Hall–Kier alpha value is -2.94. The molecule has 2 fully saturated rings. The molecule has 3 aliphatic rings. The van der Waals surface area contributed by atoms with E-state index in [-0.39, 0.29) is 5.92 Å². The van der Waals surface area contributed by atoms with Gasteiger partial charge >= 0.3 is 5.97 Å². The van der Waals surface area contributed by atoms with Crippen molar-refractivity contribution >= 4 is 22.4 Å². The lowest BCUT2D eigenvalue weighted by atomic mass is 9.99. The Balaban J connectivity index is 1.14. The molecule has 8 heteroatoms. The lowest BCUT2D eigenvalue weighted by Gasteiger charge is -2.33. The summed E-state index contributed by atoms with van der Waals surface area (Å²) in [5.74, 6) is -0.183. The minimum Gasteiger partial charge on any atom is -0.488 e. The first-order valence-electron chi connectivity index (χ1n) is 14.6. The molecule has 7 nitrogen and oxygen atoms in total. The first-order chi connectivity index (χ1) is 19.5. The predicted octanol–water partition coefficient (Wildman–Crippen LogP) is 5.58. The van der Waals surface area contributed by atoms with Gasteiger partial charge in [0.05, 0.1) is 11.6 Å². The number of hydrogen-bond acceptors (Lipinski definition) is 7. The number of carbonyl (C=O) groups is 1. The van der Waals surface area contributed by atoms with Gasteiger partial charge < -0.3 is 19.5 Å². The number of thiazole rings is 1. The SMILES string of the molecule is Cc1cccc(-c2csc(N3CCC[C@H](C(=O)O)C3)n2)c1OCc1ccc2c(c1)CCN(C1CCOCC1)CC2. The van der Waals surface area contributed by atoms with Crippen molar-refractivity contribution in [1.82, 2.24) is 9.88 Å². The molecular formula is C32H39N3O4S. The van der Waals surface area contributed by atoms with Crippen LogP contribution in [0.4, 0.5) is 5.13 Å². The van der Waals surface area contributed by atoms with Crippen LogP contribution in [0.5, 0.6) is 5.75 Å². The minimum absolute atomic E-state index is 0.329. The van der Waals surface area contributed by atoms with E-state index in [4.69, 9.17) is 14.5 Å². The average Bonchev–Trinajstić information content (AvgIpc) is 3.38. The average molecular weight is 562 g/mol. The van der Waals surface area contributed by atoms with E-state index in [9.17, 15) is 9.90 Å². The third kappa shape index (κ3) is 6.04. The van der Waals surface area contributed by atoms with E-state index >= 15 is 0 Å². The van der Waals surface area contributed by atoms with Crippen molar-refractivity contribution in [2.24, 2.45) is 5.92 Å². The molecule has 0 aliphatic carbocycles. The molecule has 3 aromatic rings. The molecule has 212 valence electrons. The number of piperidine rings is 1. The first kappa shape index (κ1) is 27.2. The largest absolute Gasteiger partial charge is 0.488 e. The number of ether oxygens (including phenoxy) is 2. The molecule has 2 aromatic carbocycles. The van der Waals surface area contributed by atoms with Crippen LogP contribution in [0.25, 0.3) is 11.3 Å². The molecule has 4 heterocycles. The summed E-state index contributed by atoms with van der Waals surface area (Å²) in [6.45, 7) is 7.98. The standard InChI is InChI=1S/C32H39N3O4S/c1-22-4-2-6-28(29-21-40-32(33-29)35-13-3-5-26(19-35)31(36)37)30(22)39-20-23-7-8-24-9-14-34(15-10-25(24)18-23)27-11-16-38-17-12-27/h2,4,6-8,18,21,26-27H,3,5,9-17,19-20H2,1H3,(H,36,37)/t26-/m0/s1. The number of anilines is 1. The van der Waals surface area contributed by atoms with Crippen LogP contribution in [-0.2, 0) is 29.0 Å². The molecule has 40 heavy (non-hydrogen) atoms. The van der Waals surface area contributed by atoms with Crippen LogP contribution in [-0.4, -0.2) is 66.4 Å². The highest BCUT2D eigenvalue weighted by atomic mass is 32.1. The van der Waals surface area contributed by atoms with Crippen LogP contribution < -0.4 is 9.64 Å². The highest BCUT2D eigenvalue weighted by molar-refractivity contribution is 7.14. The monoisotopic (exact) mass is 561 g/mol. The zero-order chi connectivity index (χ0) is 27.5. The highest BCUT2D eigenvalue weighted by Crippen LogP contribution is 2.37. The highest BCUT2D eigenvalue weighted by Gasteiger charge is 2.27. The number of carboxylic acids is 1. The Morgan fingerprint density at radius 3 is 2.75 bits per heavy atom. The van der Waals surface area contributed by atoms with Crippen LogP contribution in [0, 0.1) is 12.8 Å². The topological polar surface area (TPSA) is 75.1 Å². The van der Waals surface area contributed by atoms with E-state index in [0.717, 1.165) is 99.1 Å². The van der Waals surface area contributed by atoms with E-state index < -0.39 is 5.97 Å². The second kappa shape index (κ2) is 12.3. The summed E-state index contributed by atoms with van der Waals surface area (Å²) in [5.41, 5.74) is 7.05. The summed E-state index contributed by atoms with van der Waals surface area (Å²) < 4.78 is 12.1. The summed E-state index contributed by atoms with van der Waals surface area (Å²) in [4.78, 5) is 21.3. The van der Waals surface area contributed by atoms with Gasteiger partial charge in [0.25, 0.3) is 0 Å². The molecule has 2 saturated heterocycles. The summed E-state index contributed by atoms with van der Waals surface area (Å²) in [7, 11) is 0. The van der Waals surface area contributed by atoms with Gasteiger partial charge in [0.2, 0.25) is 0 Å². The van der Waals surface area contributed by atoms with E-state index in [2.05, 4.69) is 52.4 Å². The zero-order valence-electron chi connectivity index (χ0n) is 23.3. The summed E-state index contributed by atoms with van der Waals surface area (Å²) >= 11 is 1.58. The third-order valence-corrected chi connectivity index (χ3v) is 9.62. The smallest absolute Gasteiger partial charge is 0.308 e. The molecule has 6 rings (SSSR count). The number of fused-ring (bicyclic) bond motifs is 1. The number of benzene rings is 2. The fraction of sp³-hybridized carbons (Fsp3) is 0.500. The number of aromatic nitrogens is 1. The van der Waals surface area contributed by atoms with Gasteiger partial charge in [0.15, 0.2) is 5.13 Å². The van der Waals surface area contributed by atoms with Gasteiger partial charge in [-0.05, 0) is 73.8 Å². The fourth-order valence-corrected chi connectivity index (χ4v) is 7.25. The van der Waals surface area contributed by atoms with E-state index in [1.807, 2.05) is 6.07 Å². The molecule has 3 aliphatic heterocycles. The zero-order valence-corrected chi connectivity index (χ0v) is 24.1. The van der Waals surface area contributed by atoms with Gasteiger partial charge in [0, 0.05) is 56.4 Å². The molecule has 1 atom stereocenters. The van der Waals surface area contributed by atoms with Crippen LogP contribution in [0.2, 0.25) is 0 Å². The predicted molar refractivity (Wildman–Crippen MR) is 158 cm³/mol. The molecule has 0 saturated carbocycles. The van der Waals surface area contributed by atoms with Crippen LogP contribution >= 0.6 is 11.3 Å². The summed E-state index contributed by atoms with van der Waals surface area (Å²) in [6, 6.07) is 13.7. The van der Waals surface area contributed by atoms with E-state index in [1.54, 1.807) is 11.3 Å². The fourth-order valence-electron chi connectivity index (χ4n) is 6.39. The number of nitrogens with zero attached hydrogens (tertiary/aromatic N) is 3. The van der Waals surface area contributed by atoms with Crippen molar-refractivity contribution < 1.29 is 19.4 Å². The van der Waals surface area contributed by atoms with Gasteiger partial charge in [-0.2, -0.15) is 0 Å². The second-order valence-corrected chi connectivity index (χ2v) is 12.2. The maximum Gasteiger partial charge on any atom is 0.308 e. The van der Waals surface area contributed by atoms with E-state index in [0.29, 0.717) is 19.2 Å². The molecule has 0 unspecified atom stereocenters. The lowest BCUT2D eigenvalue weighted by Crippen LogP contribution is -2.40. The van der Waals surface area contributed by atoms with Gasteiger partial charge in [-0.25, -0.2) is 4.98 Å². The quantitative estimate of drug-likeness (QED) is 0.404. The maximum atomic E-state index is 11.5. The molecule has 0 spiro atoms. The second-order valence-electron chi connectivity index (χ2n) is 11.4. The number of aliphatic carboxylic acids is 1. The Morgan fingerprint density at radius 1 is 1.10 bits per heavy atom. The van der Waals surface area contributed by atoms with Crippen molar-refractivity contribution in [3.63, 3.8) is 0 Å². The molecular weight excluding hydrogens is 522 g/mol. The summed E-state index contributed by atoms with van der Waals surface area (Å²) in [6.07, 6.45) is 6.09. The number of hydrogen-bond donors (Lipinski definition) is 1. The normalized spacial score (nSPS) is 20.6. The van der Waals surface area contributed by atoms with Gasteiger partial charge in [-0.3, -0.25) is 9.69 Å².